The van der Waals surface area contributed by atoms with Crippen molar-refractivity contribution in [2.75, 3.05) is 37.7 Å². The Morgan fingerprint density at radius 3 is 2.73 bits per heavy atom. The Hall–Kier alpha value is -3.08. The zero-order valence-corrected chi connectivity index (χ0v) is 19.6. The van der Waals surface area contributed by atoms with Crippen molar-refractivity contribution in [1.82, 2.24) is 4.90 Å². The number of ketones is 2. The maximum Gasteiger partial charge on any atom is 0.185 e. The van der Waals surface area contributed by atoms with Crippen molar-refractivity contribution in [1.29, 1.82) is 0 Å². The molecule has 1 aliphatic carbocycles. The van der Waals surface area contributed by atoms with Gasteiger partial charge in [-0.1, -0.05) is 24.3 Å². The van der Waals surface area contributed by atoms with E-state index in [0.29, 0.717) is 6.42 Å². The fourth-order valence-corrected chi connectivity index (χ4v) is 5.66. The minimum Gasteiger partial charge on any atom is -0.485 e. The highest BCUT2D eigenvalue weighted by Crippen LogP contribution is 2.46. The second kappa shape index (κ2) is 9.05. The minimum atomic E-state index is -0.729. The molecule has 0 amide bonds. The molecule has 0 bridgehead atoms. The highest BCUT2D eigenvalue weighted by atomic mass is 16.5. The van der Waals surface area contributed by atoms with Crippen molar-refractivity contribution in [2.24, 2.45) is 5.92 Å². The van der Waals surface area contributed by atoms with Crippen molar-refractivity contribution in [2.45, 2.75) is 39.5 Å². The maximum absolute atomic E-state index is 13.3. The molecule has 1 aromatic rings. The summed E-state index contributed by atoms with van der Waals surface area (Å²) < 4.78 is 5.97. The van der Waals surface area contributed by atoms with Crippen LogP contribution in [0.25, 0.3) is 6.08 Å². The Balaban J connectivity index is 1.41. The standard InChI is InChI=1S/C28H32N2O3/c1-3-29(4-2)21-12-9-19(10-13-21)11-14-24(31)26-23-17-20-7-5-15-30-16-6-8-22(27(20)30)28(23)33-18-25(26)32/h7,9-14,26H,3-6,8,15-18H2,1-2H3. The molecule has 4 aliphatic rings. The van der Waals surface area contributed by atoms with Gasteiger partial charge in [-0.2, -0.15) is 0 Å². The zero-order valence-electron chi connectivity index (χ0n) is 19.6. The first-order valence-corrected chi connectivity index (χ1v) is 12.2. The van der Waals surface area contributed by atoms with Gasteiger partial charge in [0.2, 0.25) is 0 Å². The smallest absolute Gasteiger partial charge is 0.185 e. The van der Waals surface area contributed by atoms with Gasteiger partial charge in [0.25, 0.3) is 0 Å². The van der Waals surface area contributed by atoms with E-state index < -0.39 is 5.92 Å². The zero-order chi connectivity index (χ0) is 22.9. The molecule has 172 valence electrons. The molecule has 5 rings (SSSR count). The number of hydrogen-bond acceptors (Lipinski definition) is 5. The largest absolute Gasteiger partial charge is 0.485 e. The molecule has 5 nitrogen and oxygen atoms in total. The summed E-state index contributed by atoms with van der Waals surface area (Å²) in [6.07, 6.45) is 9.39. The first kappa shape index (κ1) is 21.7. The number of carbonyl (C=O) groups is 2. The second-order valence-electron chi connectivity index (χ2n) is 9.15. The SMILES string of the molecule is CCN(CC)c1ccc(C=CC(=O)C2C(=O)COC3=C2CC2=CCCN4CCCC3=C24)cc1. The van der Waals surface area contributed by atoms with Crippen molar-refractivity contribution in [3.63, 3.8) is 0 Å². The Bertz CT molecular complexity index is 1090. The number of allylic oxidation sites excluding steroid dienone is 4. The molecule has 0 aromatic heterocycles. The quantitative estimate of drug-likeness (QED) is 0.472. The number of ether oxygens (including phenoxy) is 1. The highest BCUT2D eigenvalue weighted by Gasteiger charge is 2.42. The fraction of sp³-hybridized carbons (Fsp3) is 0.429. The Labute approximate surface area is 196 Å². The van der Waals surface area contributed by atoms with Gasteiger partial charge < -0.3 is 14.5 Å². The van der Waals surface area contributed by atoms with Gasteiger partial charge in [-0.3, -0.25) is 9.59 Å². The van der Waals surface area contributed by atoms with Gasteiger partial charge >= 0.3 is 0 Å². The van der Waals surface area contributed by atoms with E-state index in [2.05, 4.69) is 41.9 Å². The van der Waals surface area contributed by atoms with E-state index in [4.69, 9.17) is 4.74 Å². The molecule has 1 aromatic carbocycles. The summed E-state index contributed by atoms with van der Waals surface area (Å²) in [4.78, 5) is 30.9. The Kier molecular flexibility index (Phi) is 5.96. The predicted molar refractivity (Wildman–Crippen MR) is 131 cm³/mol. The number of anilines is 1. The number of hydrogen-bond donors (Lipinski definition) is 0. The molecule has 3 aliphatic heterocycles. The first-order chi connectivity index (χ1) is 16.1. The molecule has 0 radical (unpaired) electrons. The number of rotatable bonds is 6. The third-order valence-electron chi connectivity index (χ3n) is 7.27. The fourth-order valence-electron chi connectivity index (χ4n) is 5.66. The summed E-state index contributed by atoms with van der Waals surface area (Å²) in [5.74, 6) is -0.180. The van der Waals surface area contributed by atoms with E-state index in [1.54, 1.807) is 6.08 Å². The Morgan fingerprint density at radius 2 is 1.97 bits per heavy atom. The van der Waals surface area contributed by atoms with Crippen molar-refractivity contribution >= 4 is 23.3 Å². The molecule has 0 fully saturated rings. The van der Waals surface area contributed by atoms with Crippen LogP contribution in [0, 0.1) is 5.92 Å². The van der Waals surface area contributed by atoms with Crippen molar-refractivity contribution < 1.29 is 14.3 Å². The Morgan fingerprint density at radius 1 is 1.18 bits per heavy atom. The van der Waals surface area contributed by atoms with Crippen LogP contribution >= 0.6 is 0 Å². The molecular formula is C28H32N2O3. The summed E-state index contributed by atoms with van der Waals surface area (Å²) in [6.45, 7) is 8.31. The van der Waals surface area contributed by atoms with Crippen LogP contribution in [-0.4, -0.2) is 49.3 Å². The number of fused-ring (bicyclic) bond motifs is 1. The summed E-state index contributed by atoms with van der Waals surface area (Å²) in [6, 6.07) is 8.21. The predicted octanol–water partition coefficient (Wildman–Crippen LogP) is 4.67. The summed E-state index contributed by atoms with van der Waals surface area (Å²) in [7, 11) is 0. The lowest BCUT2D eigenvalue weighted by molar-refractivity contribution is -0.132. The lowest BCUT2D eigenvalue weighted by Crippen LogP contribution is -2.40. The molecule has 0 spiro atoms. The lowest BCUT2D eigenvalue weighted by Gasteiger charge is -2.43. The number of nitrogens with zero attached hydrogens (tertiary/aromatic N) is 2. The molecule has 1 atom stereocenters. The first-order valence-electron chi connectivity index (χ1n) is 12.2. The van der Waals surface area contributed by atoms with Crippen molar-refractivity contribution in [3.05, 3.63) is 70.2 Å². The van der Waals surface area contributed by atoms with Crippen LogP contribution in [0.1, 0.15) is 45.1 Å². The van der Waals surface area contributed by atoms with E-state index in [1.807, 2.05) is 18.2 Å². The van der Waals surface area contributed by atoms with Gasteiger partial charge in [-0.15, -0.1) is 0 Å². The number of Topliss-reactive ketones (excluding diaryl/α,β-unsaturated/α-hetero) is 1. The second-order valence-corrected chi connectivity index (χ2v) is 9.15. The molecule has 0 N–H and O–H groups in total. The van der Waals surface area contributed by atoms with Gasteiger partial charge in [0.15, 0.2) is 11.6 Å². The number of carbonyl (C=O) groups excluding carboxylic acids is 2. The molecule has 0 saturated heterocycles. The van der Waals surface area contributed by atoms with Crippen LogP contribution in [0.4, 0.5) is 5.69 Å². The minimum absolute atomic E-state index is 0.0164. The van der Waals surface area contributed by atoms with Crippen LogP contribution in [0.3, 0.4) is 0 Å². The van der Waals surface area contributed by atoms with Crippen LogP contribution in [0.5, 0.6) is 0 Å². The van der Waals surface area contributed by atoms with Crippen LogP contribution in [0.2, 0.25) is 0 Å². The third kappa shape index (κ3) is 3.94. The van der Waals surface area contributed by atoms with Crippen LogP contribution in [0.15, 0.2) is 64.6 Å². The van der Waals surface area contributed by atoms with Gasteiger partial charge in [0, 0.05) is 49.6 Å². The highest BCUT2D eigenvalue weighted by molar-refractivity contribution is 6.12. The molecular weight excluding hydrogens is 412 g/mol. The van der Waals surface area contributed by atoms with Gasteiger partial charge in [0.05, 0.1) is 0 Å². The van der Waals surface area contributed by atoms with E-state index >= 15 is 0 Å². The summed E-state index contributed by atoms with van der Waals surface area (Å²) >= 11 is 0. The van der Waals surface area contributed by atoms with Crippen LogP contribution < -0.4 is 4.90 Å². The average molecular weight is 445 g/mol. The maximum atomic E-state index is 13.3. The monoisotopic (exact) mass is 444 g/mol. The summed E-state index contributed by atoms with van der Waals surface area (Å²) in [5, 5.41) is 0. The van der Waals surface area contributed by atoms with Crippen molar-refractivity contribution in [3.8, 4) is 0 Å². The van der Waals surface area contributed by atoms with Gasteiger partial charge in [-0.25, -0.2) is 0 Å². The number of benzene rings is 1. The molecule has 3 heterocycles. The average Bonchev–Trinajstić information content (AvgIpc) is 2.84. The lowest BCUT2D eigenvalue weighted by atomic mass is 9.75. The van der Waals surface area contributed by atoms with E-state index in [-0.39, 0.29) is 18.2 Å². The topological polar surface area (TPSA) is 49.9 Å². The molecule has 0 saturated carbocycles. The molecule has 33 heavy (non-hydrogen) atoms. The van der Waals surface area contributed by atoms with Gasteiger partial charge in [-0.05, 0) is 68.0 Å². The van der Waals surface area contributed by atoms with E-state index in [1.165, 1.54) is 22.5 Å². The van der Waals surface area contributed by atoms with E-state index in [0.717, 1.165) is 62.3 Å². The molecule has 5 heteroatoms. The third-order valence-corrected chi connectivity index (χ3v) is 7.27. The van der Waals surface area contributed by atoms with Crippen LogP contribution in [-0.2, 0) is 14.3 Å². The van der Waals surface area contributed by atoms with E-state index in [9.17, 15) is 9.59 Å². The normalized spacial score (nSPS) is 22.1. The molecule has 1 unspecified atom stereocenters. The summed E-state index contributed by atoms with van der Waals surface area (Å²) in [5.41, 5.74) is 6.77. The van der Waals surface area contributed by atoms with Gasteiger partial charge in [0.1, 0.15) is 18.3 Å².